The van der Waals surface area contributed by atoms with E-state index in [1.54, 1.807) is 4.68 Å². The minimum atomic E-state index is -0.774. The van der Waals surface area contributed by atoms with Crippen molar-refractivity contribution in [1.82, 2.24) is 15.0 Å². The van der Waals surface area contributed by atoms with Crippen molar-refractivity contribution in [3.8, 4) is 11.5 Å². The van der Waals surface area contributed by atoms with E-state index in [0.29, 0.717) is 20.9 Å². The Morgan fingerprint density at radius 3 is 1.88 bits per heavy atom. The van der Waals surface area contributed by atoms with Crippen LogP contribution >= 0.6 is 34.2 Å². The minimum Gasteiger partial charge on any atom is -0.491 e. The summed E-state index contributed by atoms with van der Waals surface area (Å²) < 4.78 is 13.5. The predicted molar refractivity (Wildman–Crippen MR) is 137 cm³/mol. The fourth-order valence-electron chi connectivity index (χ4n) is 3.34. The van der Waals surface area contributed by atoms with Gasteiger partial charge < -0.3 is 24.8 Å². The van der Waals surface area contributed by atoms with Gasteiger partial charge >= 0.3 is 0 Å². The topological polar surface area (TPSA) is 110 Å². The number of hydrogen-bond acceptors (Lipinski definition) is 7. The van der Waals surface area contributed by atoms with Crippen LogP contribution in [0.15, 0.2) is 48.5 Å². The molecule has 1 aromatic heterocycles. The normalized spacial score (nSPS) is 13.5. The molecule has 0 aliphatic heterocycles. The van der Waals surface area contributed by atoms with E-state index in [9.17, 15) is 15.3 Å². The molecule has 0 fully saturated rings. The van der Waals surface area contributed by atoms with Crippen LogP contribution in [0.25, 0.3) is 0 Å². The van der Waals surface area contributed by atoms with Crippen LogP contribution in [0.4, 0.5) is 0 Å². The van der Waals surface area contributed by atoms with Crippen LogP contribution < -0.4 is 9.47 Å². The van der Waals surface area contributed by atoms with E-state index in [4.69, 9.17) is 21.1 Å². The summed E-state index contributed by atoms with van der Waals surface area (Å²) in [7, 11) is 0. The molecule has 2 aromatic carbocycles. The third-order valence-electron chi connectivity index (χ3n) is 5.49. The molecule has 8 nitrogen and oxygen atoms in total. The second kappa shape index (κ2) is 12.2. The maximum absolute atomic E-state index is 10.3. The van der Waals surface area contributed by atoms with Crippen molar-refractivity contribution in [3.05, 3.63) is 69.1 Å². The number of ether oxygens (including phenoxy) is 2. The van der Waals surface area contributed by atoms with E-state index in [0.717, 1.165) is 11.1 Å². The molecule has 3 rings (SSSR count). The van der Waals surface area contributed by atoms with Crippen molar-refractivity contribution < 1.29 is 24.8 Å². The van der Waals surface area contributed by atoms with Crippen LogP contribution in [0.1, 0.15) is 30.7 Å². The largest absolute Gasteiger partial charge is 0.491 e. The van der Waals surface area contributed by atoms with Gasteiger partial charge in [-0.05, 0) is 58.0 Å². The summed E-state index contributed by atoms with van der Waals surface area (Å²) in [5.74, 6) is 1.47. The van der Waals surface area contributed by atoms with Gasteiger partial charge in [0.1, 0.15) is 46.3 Å². The van der Waals surface area contributed by atoms with Crippen molar-refractivity contribution in [2.75, 3.05) is 19.1 Å². The maximum atomic E-state index is 10.3. The predicted octanol–water partition coefficient (Wildman–Crippen LogP) is 3.12. The molecule has 0 aliphatic carbocycles. The minimum absolute atomic E-state index is 0.104. The number of benzene rings is 2. The van der Waals surface area contributed by atoms with Gasteiger partial charge in [-0.2, -0.15) is 0 Å². The first-order valence-electron chi connectivity index (χ1n) is 10.8. The highest BCUT2D eigenvalue weighted by atomic mass is 123. The van der Waals surface area contributed by atoms with E-state index in [1.807, 2.05) is 71.1 Å². The standard InChI is InChI=1S/C24H29ClIN3O5/c1-24(2,16-3-7-20(8-4-16)33-14-18(31)11-25)17-5-9-21(10-6-17)34-15-19(32)12-29-23(26)22(13-30)27-28-29/h3-10,18-19,30-32H,11-15H2,1-2H3/t18-,19-/m0/s1/i26-4. The number of halogens is 2. The second-order valence-corrected chi connectivity index (χ2v) is 9.76. The lowest BCUT2D eigenvalue weighted by molar-refractivity contribution is 0.0881. The number of alkyl halides is 1. The third-order valence-corrected chi connectivity index (χ3v) is 7.02. The molecule has 1 heterocycles. The molecule has 0 saturated heterocycles. The highest BCUT2D eigenvalue weighted by Gasteiger charge is 2.23. The summed E-state index contributed by atoms with van der Waals surface area (Å²) >= 11 is 7.64. The zero-order valence-corrected chi connectivity index (χ0v) is 22.0. The smallest absolute Gasteiger partial charge is 0.125 e. The molecule has 0 aliphatic rings. The Morgan fingerprint density at radius 1 is 0.941 bits per heavy atom. The summed E-state index contributed by atoms with van der Waals surface area (Å²) in [6.07, 6.45) is -1.46. The third kappa shape index (κ3) is 6.82. The number of aromatic nitrogens is 3. The van der Waals surface area contributed by atoms with Crippen molar-refractivity contribution in [3.63, 3.8) is 0 Å². The van der Waals surface area contributed by atoms with Crippen molar-refractivity contribution in [2.24, 2.45) is 0 Å². The molecule has 0 spiro atoms. The lowest BCUT2D eigenvalue weighted by Gasteiger charge is -2.26. The van der Waals surface area contributed by atoms with Gasteiger partial charge in [0.15, 0.2) is 0 Å². The van der Waals surface area contributed by atoms with Crippen LogP contribution in [0.3, 0.4) is 0 Å². The van der Waals surface area contributed by atoms with Crippen molar-refractivity contribution >= 4 is 34.2 Å². The van der Waals surface area contributed by atoms with Gasteiger partial charge in [0.25, 0.3) is 0 Å². The summed E-state index contributed by atoms with van der Waals surface area (Å²) in [5, 5.41) is 36.8. The highest BCUT2D eigenvalue weighted by molar-refractivity contribution is 14.1. The molecule has 0 bridgehead atoms. The number of rotatable bonds is 12. The van der Waals surface area contributed by atoms with Crippen LogP contribution in [-0.2, 0) is 18.6 Å². The Bertz CT molecular complexity index is 1040. The molecule has 0 saturated carbocycles. The molecular weight excluding hydrogens is 569 g/mol. The van der Waals surface area contributed by atoms with E-state index in [1.165, 1.54) is 0 Å². The van der Waals surface area contributed by atoms with Crippen molar-refractivity contribution in [2.45, 2.75) is 44.6 Å². The molecule has 184 valence electrons. The Hall–Kier alpha value is -1.92. The van der Waals surface area contributed by atoms with E-state index in [-0.39, 0.29) is 37.7 Å². The molecule has 10 heteroatoms. The highest BCUT2D eigenvalue weighted by Crippen LogP contribution is 2.33. The van der Waals surface area contributed by atoms with Gasteiger partial charge in [0, 0.05) is 5.41 Å². The molecular formula is C24H29ClIN3O5. The summed E-state index contributed by atoms with van der Waals surface area (Å²) in [6.45, 7) is 4.57. The van der Waals surface area contributed by atoms with Gasteiger partial charge in [-0.1, -0.05) is 43.3 Å². The molecule has 0 radical (unpaired) electrons. The van der Waals surface area contributed by atoms with Crippen LogP contribution in [-0.4, -0.2) is 61.6 Å². The molecule has 34 heavy (non-hydrogen) atoms. The fraction of sp³-hybridized carbons (Fsp3) is 0.417. The lowest BCUT2D eigenvalue weighted by atomic mass is 9.78. The fourth-order valence-corrected chi connectivity index (χ4v) is 4.00. The first kappa shape index (κ1) is 26.7. The lowest BCUT2D eigenvalue weighted by Crippen LogP contribution is -2.25. The molecule has 0 amide bonds. The van der Waals surface area contributed by atoms with E-state index < -0.39 is 12.2 Å². The number of aliphatic hydroxyl groups excluding tert-OH is 3. The van der Waals surface area contributed by atoms with Gasteiger partial charge in [-0.3, -0.25) is 0 Å². The Balaban J connectivity index is 1.56. The number of hydrogen-bond donors (Lipinski definition) is 3. The quantitative estimate of drug-likeness (QED) is 0.217. The summed E-state index contributed by atoms with van der Waals surface area (Å²) in [4.78, 5) is 0. The van der Waals surface area contributed by atoms with Crippen LogP contribution in [0, 0.1) is 3.70 Å². The van der Waals surface area contributed by atoms with Gasteiger partial charge in [-0.25, -0.2) is 4.68 Å². The monoisotopic (exact) mass is 597 g/mol. The molecule has 0 unspecified atom stereocenters. The Labute approximate surface area is 217 Å². The van der Waals surface area contributed by atoms with Gasteiger partial charge in [0.05, 0.1) is 19.0 Å². The van der Waals surface area contributed by atoms with Gasteiger partial charge in [-0.15, -0.1) is 16.7 Å². The van der Waals surface area contributed by atoms with Gasteiger partial charge in [0.2, 0.25) is 0 Å². The first-order chi connectivity index (χ1) is 16.2. The van der Waals surface area contributed by atoms with E-state index >= 15 is 0 Å². The Kier molecular flexibility index (Phi) is 9.55. The average Bonchev–Trinajstić information content (AvgIpc) is 3.20. The Morgan fingerprint density at radius 2 is 1.44 bits per heavy atom. The van der Waals surface area contributed by atoms with Crippen LogP contribution in [0.5, 0.6) is 11.5 Å². The molecule has 3 aromatic rings. The van der Waals surface area contributed by atoms with Crippen LogP contribution in [0.2, 0.25) is 0 Å². The molecule has 2 atom stereocenters. The number of nitrogens with zero attached hydrogens (tertiary/aromatic N) is 3. The SMILES string of the molecule is CC(C)(c1ccc(OC[C@@H](O)Cn2nnc(CO)c2[123I])cc1)c1ccc(OC[C@@H](O)CCl)cc1. The van der Waals surface area contributed by atoms with E-state index in [2.05, 4.69) is 24.2 Å². The number of aliphatic hydroxyl groups is 3. The zero-order chi connectivity index (χ0) is 24.7. The average molecular weight is 598 g/mol. The zero-order valence-electron chi connectivity index (χ0n) is 19.1. The van der Waals surface area contributed by atoms with Crippen molar-refractivity contribution in [1.29, 1.82) is 0 Å². The first-order valence-corrected chi connectivity index (χ1v) is 12.4. The second-order valence-electron chi connectivity index (χ2n) is 8.42. The molecule has 3 N–H and O–H groups in total. The summed E-state index contributed by atoms with van der Waals surface area (Å²) in [5.41, 5.74) is 2.46. The maximum Gasteiger partial charge on any atom is 0.125 e. The summed E-state index contributed by atoms with van der Waals surface area (Å²) in [6, 6.07) is 15.6.